The molecule has 0 saturated heterocycles. The maximum absolute atomic E-state index is 4.00. The van der Waals surface area contributed by atoms with E-state index in [0.29, 0.717) is 0 Å². The van der Waals surface area contributed by atoms with E-state index in [1.165, 1.54) is 0 Å². The second kappa shape index (κ2) is 1.58. The van der Waals surface area contributed by atoms with Crippen molar-refractivity contribution in [3.8, 4) is 0 Å². The van der Waals surface area contributed by atoms with Crippen molar-refractivity contribution in [2.24, 2.45) is 0 Å². The van der Waals surface area contributed by atoms with Gasteiger partial charge >= 0.3 is 0 Å². The Balaban J connectivity index is 2.95. The van der Waals surface area contributed by atoms with Crippen LogP contribution in [0.2, 0.25) is 0 Å². The molecule has 0 amide bonds. The van der Waals surface area contributed by atoms with Crippen molar-refractivity contribution in [1.29, 1.82) is 0 Å². The van der Waals surface area contributed by atoms with Crippen LogP contribution in [0.25, 0.3) is 5.52 Å². The molecule has 0 fully saturated rings. The van der Waals surface area contributed by atoms with Gasteiger partial charge in [0.05, 0.1) is 5.52 Å². The Bertz CT molecular complexity index is 281. The van der Waals surface area contributed by atoms with Crippen LogP contribution in [0.1, 0.15) is 0 Å². The summed E-state index contributed by atoms with van der Waals surface area (Å²) < 4.78 is 1.78. The summed E-state index contributed by atoms with van der Waals surface area (Å²) in [6.07, 6.45) is 3.57. The van der Waals surface area contributed by atoms with Gasteiger partial charge in [0.1, 0.15) is 0 Å². The molecular weight excluding hydrogens is 112 g/mol. The van der Waals surface area contributed by atoms with Gasteiger partial charge in [-0.3, -0.25) is 0 Å². The first-order chi connectivity index (χ1) is 4.47. The van der Waals surface area contributed by atoms with Gasteiger partial charge in [0.2, 0.25) is 0 Å². The molecule has 2 rings (SSSR count). The van der Waals surface area contributed by atoms with Crippen molar-refractivity contribution in [2.75, 3.05) is 0 Å². The molecule has 0 bridgehead atoms. The maximum Gasteiger partial charge on any atom is 0.0661 e. The number of aromatic nitrogens is 2. The highest BCUT2D eigenvalue weighted by molar-refractivity contribution is 5.43. The second-order valence-corrected chi connectivity index (χ2v) is 1.83. The first kappa shape index (κ1) is 4.56. The van der Waals surface area contributed by atoms with Crippen molar-refractivity contribution < 1.29 is 0 Å². The van der Waals surface area contributed by atoms with Crippen LogP contribution in [0, 0.1) is 6.07 Å². The van der Waals surface area contributed by atoms with Gasteiger partial charge in [-0.15, -0.1) is 0 Å². The summed E-state index contributed by atoms with van der Waals surface area (Å²) in [7, 11) is 0. The smallest absolute Gasteiger partial charge is 0.0661 e. The van der Waals surface area contributed by atoms with Gasteiger partial charge in [0.25, 0.3) is 0 Å². The fraction of sp³-hybridized carbons (Fsp3) is 0. The predicted octanol–water partition coefficient (Wildman–Crippen LogP) is 1.13. The lowest BCUT2D eigenvalue weighted by atomic mass is 10.4. The zero-order valence-electron chi connectivity index (χ0n) is 4.78. The van der Waals surface area contributed by atoms with Crippen LogP contribution < -0.4 is 0 Å². The molecule has 0 unspecified atom stereocenters. The lowest BCUT2D eigenvalue weighted by molar-refractivity contribution is 0.960. The van der Waals surface area contributed by atoms with E-state index in [9.17, 15) is 0 Å². The quantitative estimate of drug-likeness (QED) is 0.505. The summed E-state index contributed by atoms with van der Waals surface area (Å²) in [6.45, 7) is 0. The number of hydrogen-bond acceptors (Lipinski definition) is 1. The van der Waals surface area contributed by atoms with Crippen molar-refractivity contribution in [1.82, 2.24) is 9.61 Å². The van der Waals surface area contributed by atoms with Gasteiger partial charge in [-0.05, 0) is 12.1 Å². The fourth-order valence-corrected chi connectivity index (χ4v) is 0.811. The molecule has 2 heteroatoms. The molecule has 1 radical (unpaired) electrons. The minimum absolute atomic E-state index is 1.11. The highest BCUT2D eigenvalue weighted by Crippen LogP contribution is 1.97. The minimum atomic E-state index is 1.11. The molecule has 2 nitrogen and oxygen atoms in total. The Morgan fingerprint density at radius 3 is 3.33 bits per heavy atom. The largest absolute Gasteiger partial charge is 0.240 e. The Morgan fingerprint density at radius 2 is 2.44 bits per heavy atom. The Labute approximate surface area is 52.7 Å². The van der Waals surface area contributed by atoms with Gasteiger partial charge in [-0.2, -0.15) is 5.10 Å². The Morgan fingerprint density at radius 1 is 1.44 bits per heavy atom. The van der Waals surface area contributed by atoms with Gasteiger partial charge in [0.15, 0.2) is 0 Å². The molecule has 0 N–H and O–H groups in total. The lowest BCUT2D eigenvalue weighted by Crippen LogP contribution is -1.81. The summed E-state index contributed by atoms with van der Waals surface area (Å²) in [5.41, 5.74) is 1.11. The highest BCUT2D eigenvalue weighted by Gasteiger charge is 1.85. The normalized spacial score (nSPS) is 10.2. The maximum atomic E-state index is 4.00. The zero-order chi connectivity index (χ0) is 6.10. The fourth-order valence-electron chi connectivity index (χ4n) is 0.811. The van der Waals surface area contributed by atoms with Crippen LogP contribution in [0.3, 0.4) is 0 Å². The molecule has 0 aliphatic carbocycles. The number of rotatable bonds is 0. The summed E-state index contributed by atoms with van der Waals surface area (Å²) >= 11 is 0. The number of hydrogen-bond donors (Lipinski definition) is 0. The van der Waals surface area contributed by atoms with E-state index in [4.69, 9.17) is 0 Å². The summed E-state index contributed by atoms with van der Waals surface area (Å²) in [4.78, 5) is 0. The van der Waals surface area contributed by atoms with Crippen LogP contribution in [0.5, 0.6) is 0 Å². The predicted molar refractivity (Wildman–Crippen MR) is 34.0 cm³/mol. The topological polar surface area (TPSA) is 17.3 Å². The molecule has 0 atom stereocenters. The molecule has 0 saturated carbocycles. The molecule has 0 aliphatic heterocycles. The highest BCUT2D eigenvalue weighted by atomic mass is 15.2. The first-order valence-corrected chi connectivity index (χ1v) is 2.76. The molecule has 9 heavy (non-hydrogen) atoms. The van der Waals surface area contributed by atoms with E-state index in [2.05, 4.69) is 11.2 Å². The Kier molecular flexibility index (Phi) is 0.803. The molecule has 0 aromatic carbocycles. The number of pyridine rings is 1. The van der Waals surface area contributed by atoms with Crippen LogP contribution in [-0.2, 0) is 0 Å². The van der Waals surface area contributed by atoms with Crippen LogP contribution >= 0.6 is 0 Å². The summed E-state index contributed by atoms with van der Waals surface area (Å²) in [5, 5.41) is 4.00. The van der Waals surface area contributed by atoms with Gasteiger partial charge in [0, 0.05) is 18.5 Å². The SMILES string of the molecule is [c]1ccc2ccnn2c1. The summed E-state index contributed by atoms with van der Waals surface area (Å²) in [6, 6.07) is 8.71. The average Bonchev–Trinajstić information content (AvgIpc) is 2.33. The van der Waals surface area contributed by atoms with E-state index in [1.54, 1.807) is 16.9 Å². The second-order valence-electron chi connectivity index (χ2n) is 1.83. The van der Waals surface area contributed by atoms with E-state index in [0.717, 1.165) is 5.52 Å². The molecule has 2 aromatic rings. The number of nitrogens with zero attached hydrogens (tertiary/aromatic N) is 2. The van der Waals surface area contributed by atoms with E-state index < -0.39 is 0 Å². The molecule has 2 aromatic heterocycles. The van der Waals surface area contributed by atoms with Crippen LogP contribution in [0.15, 0.2) is 30.6 Å². The third-order valence-corrected chi connectivity index (χ3v) is 1.25. The van der Waals surface area contributed by atoms with E-state index in [-0.39, 0.29) is 0 Å². The first-order valence-electron chi connectivity index (χ1n) is 2.76. The molecule has 0 aliphatic rings. The van der Waals surface area contributed by atoms with Crippen LogP contribution in [-0.4, -0.2) is 9.61 Å². The third kappa shape index (κ3) is 0.598. The lowest BCUT2D eigenvalue weighted by Gasteiger charge is -1.86. The van der Waals surface area contributed by atoms with Crippen molar-refractivity contribution in [2.45, 2.75) is 0 Å². The minimum Gasteiger partial charge on any atom is -0.240 e. The van der Waals surface area contributed by atoms with Gasteiger partial charge in [-0.1, -0.05) is 6.07 Å². The van der Waals surface area contributed by atoms with Crippen LogP contribution in [0.4, 0.5) is 0 Å². The molecule has 2 heterocycles. The standard InChI is InChI=1S/C7H5N2/c1-2-6-9-7(3-1)4-5-8-9/h1,3-6H. The zero-order valence-corrected chi connectivity index (χ0v) is 4.78. The van der Waals surface area contributed by atoms with Gasteiger partial charge < -0.3 is 0 Å². The van der Waals surface area contributed by atoms with Crippen molar-refractivity contribution in [3.63, 3.8) is 0 Å². The van der Waals surface area contributed by atoms with E-state index >= 15 is 0 Å². The summed E-state index contributed by atoms with van der Waals surface area (Å²) in [5.74, 6) is 0. The van der Waals surface area contributed by atoms with Crippen molar-refractivity contribution in [3.05, 3.63) is 36.7 Å². The Hall–Kier alpha value is -1.31. The third-order valence-electron chi connectivity index (χ3n) is 1.25. The molecular formula is C7H5N2. The molecule has 43 valence electrons. The molecule has 0 spiro atoms. The monoisotopic (exact) mass is 117 g/mol. The average molecular weight is 117 g/mol. The van der Waals surface area contributed by atoms with E-state index in [1.807, 2.05) is 18.2 Å². The number of fused-ring (bicyclic) bond motifs is 1. The van der Waals surface area contributed by atoms with Gasteiger partial charge in [-0.25, -0.2) is 4.52 Å². The van der Waals surface area contributed by atoms with Crippen molar-refractivity contribution >= 4 is 5.52 Å².